The lowest BCUT2D eigenvalue weighted by atomic mass is 10.1. The summed E-state index contributed by atoms with van der Waals surface area (Å²) in [6.07, 6.45) is 0. The minimum Gasteiger partial charge on any atom is -0.343 e. The molecule has 3 N–H and O–H groups in total. The first-order chi connectivity index (χ1) is 9.88. The molecule has 0 fully saturated rings. The number of hydrogen-bond donors (Lipinski definition) is 2. The summed E-state index contributed by atoms with van der Waals surface area (Å²) in [6, 6.07) is 3.49. The fourth-order valence-electron chi connectivity index (χ4n) is 1.72. The van der Waals surface area contributed by atoms with Crippen molar-refractivity contribution in [2.24, 2.45) is 5.73 Å². The van der Waals surface area contributed by atoms with Crippen molar-refractivity contribution in [1.29, 1.82) is 0 Å². The van der Waals surface area contributed by atoms with Crippen LogP contribution >= 0.6 is 0 Å². The monoisotopic (exact) mass is 292 g/mol. The average molecular weight is 292 g/mol. The molecule has 0 aliphatic carbocycles. The predicted molar refractivity (Wildman–Crippen MR) is 74.6 cm³/mol. The topological polar surface area (TPSA) is 94.0 Å². The second kappa shape index (κ2) is 6.01. The fourth-order valence-corrected chi connectivity index (χ4v) is 1.72. The number of nitrogens with zero attached hydrogens (tertiary/aromatic N) is 2. The van der Waals surface area contributed by atoms with E-state index in [1.807, 2.05) is 0 Å². The zero-order valence-electron chi connectivity index (χ0n) is 12.1. The van der Waals surface area contributed by atoms with Gasteiger partial charge in [0.15, 0.2) is 0 Å². The number of rotatable bonds is 4. The van der Waals surface area contributed by atoms with Crippen molar-refractivity contribution >= 4 is 5.91 Å². The highest BCUT2D eigenvalue weighted by Gasteiger charge is 2.19. The van der Waals surface area contributed by atoms with Gasteiger partial charge in [-0.15, -0.1) is 0 Å². The molecule has 2 aromatic rings. The van der Waals surface area contributed by atoms with Crippen molar-refractivity contribution in [3.63, 3.8) is 0 Å². The lowest BCUT2D eigenvalue weighted by Gasteiger charge is -2.11. The second-order valence-electron chi connectivity index (χ2n) is 4.94. The Hall–Kier alpha value is -2.28. The number of carbonyl (C=O) groups excluding carboxylic acids is 1. The maximum absolute atomic E-state index is 13.2. The summed E-state index contributed by atoms with van der Waals surface area (Å²) in [5.74, 6) is 0.0101. The lowest BCUT2D eigenvalue weighted by Crippen LogP contribution is -2.39. The molecular weight excluding hydrogens is 275 g/mol. The highest BCUT2D eigenvalue weighted by Crippen LogP contribution is 2.21. The molecular formula is C14H17FN4O2. The van der Waals surface area contributed by atoms with Crippen LogP contribution in [0.15, 0.2) is 22.7 Å². The molecule has 1 amide bonds. The first-order valence-corrected chi connectivity index (χ1v) is 6.54. The van der Waals surface area contributed by atoms with Gasteiger partial charge in [0.25, 0.3) is 0 Å². The molecule has 0 saturated heterocycles. The van der Waals surface area contributed by atoms with Crippen molar-refractivity contribution in [3.05, 3.63) is 35.5 Å². The molecule has 0 bridgehead atoms. The van der Waals surface area contributed by atoms with Crippen LogP contribution in [0.3, 0.4) is 0 Å². The van der Waals surface area contributed by atoms with Crippen molar-refractivity contribution in [2.45, 2.75) is 32.9 Å². The Morgan fingerprint density at radius 2 is 2.14 bits per heavy atom. The average Bonchev–Trinajstić information content (AvgIpc) is 2.91. The number of carbonyl (C=O) groups is 1. The van der Waals surface area contributed by atoms with Crippen LogP contribution in [0.1, 0.15) is 31.3 Å². The SMILES string of the molecule is Cc1cc(-c2noc(C(C)NC(=O)[C@@H](C)N)n2)ccc1F. The quantitative estimate of drug-likeness (QED) is 0.894. The molecule has 2 rings (SSSR count). The molecule has 7 heteroatoms. The zero-order valence-corrected chi connectivity index (χ0v) is 12.1. The molecule has 0 aliphatic heterocycles. The van der Waals surface area contributed by atoms with E-state index in [9.17, 15) is 9.18 Å². The third kappa shape index (κ3) is 3.43. The molecule has 1 aromatic heterocycles. The normalized spacial score (nSPS) is 13.8. The summed E-state index contributed by atoms with van der Waals surface area (Å²) >= 11 is 0. The number of hydrogen-bond acceptors (Lipinski definition) is 5. The second-order valence-corrected chi connectivity index (χ2v) is 4.94. The molecule has 1 unspecified atom stereocenters. The molecule has 21 heavy (non-hydrogen) atoms. The minimum atomic E-state index is -0.616. The Morgan fingerprint density at radius 3 is 2.76 bits per heavy atom. The van der Waals surface area contributed by atoms with Gasteiger partial charge in [0, 0.05) is 5.56 Å². The lowest BCUT2D eigenvalue weighted by molar-refractivity contribution is -0.122. The first-order valence-electron chi connectivity index (χ1n) is 6.54. The standard InChI is InChI=1S/C14H17FN4O2/c1-7-6-10(4-5-11(7)15)12-18-14(21-19-12)9(3)17-13(20)8(2)16/h4-6,8-9H,16H2,1-3H3,(H,17,20)/t8-,9?/m1/s1. The summed E-state index contributed by atoms with van der Waals surface area (Å²) in [7, 11) is 0. The Bertz CT molecular complexity index is 654. The van der Waals surface area contributed by atoms with Gasteiger partial charge in [-0.1, -0.05) is 5.16 Å². The van der Waals surface area contributed by atoms with Gasteiger partial charge in [-0.2, -0.15) is 4.98 Å². The van der Waals surface area contributed by atoms with Crippen molar-refractivity contribution in [2.75, 3.05) is 0 Å². The van der Waals surface area contributed by atoms with E-state index in [0.29, 0.717) is 17.0 Å². The fraction of sp³-hybridized carbons (Fsp3) is 0.357. The molecule has 6 nitrogen and oxygen atoms in total. The number of aromatic nitrogens is 2. The van der Waals surface area contributed by atoms with Crippen LogP contribution in [0.2, 0.25) is 0 Å². The maximum atomic E-state index is 13.2. The third-order valence-electron chi connectivity index (χ3n) is 3.00. The van der Waals surface area contributed by atoms with Crippen LogP contribution in [-0.4, -0.2) is 22.1 Å². The predicted octanol–water partition coefficient (Wildman–Crippen LogP) is 1.71. The molecule has 0 saturated carbocycles. The van der Waals surface area contributed by atoms with Crippen LogP contribution < -0.4 is 11.1 Å². The van der Waals surface area contributed by atoms with Crippen LogP contribution in [0.25, 0.3) is 11.4 Å². The van der Waals surface area contributed by atoms with Crippen molar-refractivity contribution in [3.8, 4) is 11.4 Å². The summed E-state index contributed by atoms with van der Waals surface area (Å²) in [5, 5.41) is 6.50. The van der Waals surface area contributed by atoms with Gasteiger partial charge >= 0.3 is 0 Å². The molecule has 1 aromatic carbocycles. The van der Waals surface area contributed by atoms with Gasteiger partial charge in [0.1, 0.15) is 11.9 Å². The maximum Gasteiger partial charge on any atom is 0.249 e. The van der Waals surface area contributed by atoms with Crippen LogP contribution in [0.5, 0.6) is 0 Å². The van der Waals surface area contributed by atoms with Gasteiger partial charge in [0.2, 0.25) is 17.6 Å². The third-order valence-corrected chi connectivity index (χ3v) is 3.00. The van der Waals surface area contributed by atoms with Gasteiger partial charge in [-0.25, -0.2) is 4.39 Å². The number of aryl methyl sites for hydroxylation is 1. The largest absolute Gasteiger partial charge is 0.343 e. The van der Waals surface area contributed by atoms with E-state index in [-0.39, 0.29) is 17.6 Å². The van der Waals surface area contributed by atoms with Crippen LogP contribution in [-0.2, 0) is 4.79 Å². The van der Waals surface area contributed by atoms with Gasteiger partial charge in [-0.3, -0.25) is 4.79 Å². The Kier molecular flexibility index (Phi) is 4.32. The molecule has 0 radical (unpaired) electrons. The summed E-state index contributed by atoms with van der Waals surface area (Å²) < 4.78 is 18.4. The summed E-state index contributed by atoms with van der Waals surface area (Å²) in [5.41, 5.74) is 6.62. The highest BCUT2D eigenvalue weighted by molar-refractivity contribution is 5.81. The molecule has 2 atom stereocenters. The number of nitrogens with one attached hydrogen (secondary N) is 1. The molecule has 0 spiro atoms. The van der Waals surface area contributed by atoms with Crippen LogP contribution in [0, 0.1) is 12.7 Å². The Morgan fingerprint density at radius 1 is 1.43 bits per heavy atom. The Labute approximate surface area is 121 Å². The molecule has 112 valence electrons. The minimum absolute atomic E-state index is 0.265. The van der Waals surface area contributed by atoms with E-state index in [0.717, 1.165) is 0 Å². The number of halogens is 1. The van der Waals surface area contributed by atoms with E-state index < -0.39 is 12.1 Å². The summed E-state index contributed by atoms with van der Waals surface area (Å²) in [4.78, 5) is 15.7. The van der Waals surface area contributed by atoms with Gasteiger partial charge in [0.05, 0.1) is 6.04 Å². The zero-order chi connectivity index (χ0) is 15.6. The molecule has 0 aliphatic rings. The summed E-state index contributed by atoms with van der Waals surface area (Å²) in [6.45, 7) is 4.96. The highest BCUT2D eigenvalue weighted by atomic mass is 19.1. The van der Waals surface area contributed by atoms with E-state index in [1.54, 1.807) is 32.9 Å². The number of amides is 1. The van der Waals surface area contributed by atoms with E-state index in [1.165, 1.54) is 6.07 Å². The van der Waals surface area contributed by atoms with E-state index in [2.05, 4.69) is 15.5 Å². The van der Waals surface area contributed by atoms with Crippen molar-refractivity contribution < 1.29 is 13.7 Å². The van der Waals surface area contributed by atoms with Gasteiger partial charge in [-0.05, 0) is 44.5 Å². The van der Waals surface area contributed by atoms with Crippen LogP contribution in [0.4, 0.5) is 4.39 Å². The van der Waals surface area contributed by atoms with E-state index >= 15 is 0 Å². The number of nitrogens with two attached hydrogens (primary N) is 1. The number of benzene rings is 1. The molecule has 1 heterocycles. The first kappa shape index (κ1) is 15.1. The van der Waals surface area contributed by atoms with Crippen molar-refractivity contribution in [1.82, 2.24) is 15.5 Å². The smallest absolute Gasteiger partial charge is 0.249 e. The Balaban J connectivity index is 2.17. The van der Waals surface area contributed by atoms with Gasteiger partial charge < -0.3 is 15.6 Å². The van der Waals surface area contributed by atoms with E-state index in [4.69, 9.17) is 10.3 Å².